The fourth-order valence-corrected chi connectivity index (χ4v) is 2.21. The summed E-state index contributed by atoms with van der Waals surface area (Å²) < 4.78 is 15.8. The molecule has 0 amide bonds. The van der Waals surface area contributed by atoms with Gasteiger partial charge in [-0.15, -0.1) is 0 Å². The minimum absolute atomic E-state index is 0.000919. The van der Waals surface area contributed by atoms with Crippen LogP contribution in [0.25, 0.3) is 11.2 Å². The summed E-state index contributed by atoms with van der Waals surface area (Å²) in [6, 6.07) is 6.61. The van der Waals surface area contributed by atoms with Crippen LogP contribution in [0.2, 0.25) is 0 Å². The Balaban J connectivity index is 1.48. The SMILES string of the molecule is CCOC(=O)c1ccc(OCC(O)COc2nc3ncnc(N)c3[nH]2)cc1. The van der Waals surface area contributed by atoms with E-state index in [1.54, 1.807) is 31.2 Å². The number of aliphatic hydroxyl groups excluding tert-OH is 1. The number of aromatic nitrogens is 4. The molecule has 0 bridgehead atoms. The smallest absolute Gasteiger partial charge is 0.338 e. The fraction of sp³-hybridized carbons (Fsp3) is 0.294. The van der Waals surface area contributed by atoms with Gasteiger partial charge in [-0.25, -0.2) is 14.8 Å². The lowest BCUT2D eigenvalue weighted by Crippen LogP contribution is -2.25. The molecule has 0 aliphatic heterocycles. The topological polar surface area (TPSA) is 145 Å². The van der Waals surface area contributed by atoms with Crippen molar-refractivity contribution in [3.8, 4) is 11.8 Å². The van der Waals surface area contributed by atoms with Gasteiger partial charge >= 0.3 is 5.97 Å². The summed E-state index contributed by atoms with van der Waals surface area (Å²) in [5.74, 6) is 0.375. The number of aliphatic hydroxyl groups is 1. The first-order valence-corrected chi connectivity index (χ1v) is 8.24. The lowest BCUT2D eigenvalue weighted by Gasteiger charge is -2.12. The second-order valence-corrected chi connectivity index (χ2v) is 5.52. The molecule has 0 spiro atoms. The van der Waals surface area contributed by atoms with Gasteiger partial charge in [-0.3, -0.25) is 0 Å². The molecule has 0 fully saturated rings. The predicted octanol–water partition coefficient (Wildman–Crippen LogP) is 0.930. The number of anilines is 1. The Bertz CT molecular complexity index is 912. The second-order valence-electron chi connectivity index (χ2n) is 5.52. The highest BCUT2D eigenvalue weighted by atomic mass is 16.5. The van der Waals surface area contributed by atoms with Crippen LogP contribution in [0.5, 0.6) is 11.8 Å². The number of imidazole rings is 1. The van der Waals surface area contributed by atoms with Gasteiger partial charge in [0.1, 0.15) is 36.9 Å². The van der Waals surface area contributed by atoms with E-state index in [1.807, 2.05) is 0 Å². The van der Waals surface area contributed by atoms with Gasteiger partial charge in [0, 0.05) is 0 Å². The van der Waals surface area contributed by atoms with E-state index in [0.29, 0.717) is 29.1 Å². The van der Waals surface area contributed by atoms with Crippen molar-refractivity contribution < 1.29 is 24.1 Å². The Labute approximate surface area is 154 Å². The second kappa shape index (κ2) is 8.32. The number of carbonyl (C=O) groups excluding carboxylic acids is 1. The Morgan fingerprint density at radius 1 is 1.22 bits per heavy atom. The first kappa shape index (κ1) is 18.4. The number of H-pyrrole nitrogens is 1. The van der Waals surface area contributed by atoms with Crippen molar-refractivity contribution in [2.24, 2.45) is 0 Å². The van der Waals surface area contributed by atoms with Crippen LogP contribution in [0.15, 0.2) is 30.6 Å². The van der Waals surface area contributed by atoms with Crippen molar-refractivity contribution in [1.82, 2.24) is 19.9 Å². The van der Waals surface area contributed by atoms with Gasteiger partial charge in [-0.2, -0.15) is 4.98 Å². The first-order chi connectivity index (χ1) is 13.1. The Morgan fingerprint density at radius 3 is 2.67 bits per heavy atom. The Morgan fingerprint density at radius 2 is 1.96 bits per heavy atom. The molecule has 1 aromatic carbocycles. The predicted molar refractivity (Wildman–Crippen MR) is 95.5 cm³/mol. The number of nitrogens with two attached hydrogens (primary N) is 1. The number of nitrogens with one attached hydrogen (secondary N) is 1. The molecule has 1 atom stereocenters. The normalized spacial score (nSPS) is 11.9. The quantitative estimate of drug-likeness (QED) is 0.491. The monoisotopic (exact) mass is 373 g/mol. The van der Waals surface area contributed by atoms with Crippen molar-refractivity contribution in [2.45, 2.75) is 13.0 Å². The molecule has 27 heavy (non-hydrogen) atoms. The van der Waals surface area contributed by atoms with Gasteiger partial charge in [0.15, 0.2) is 11.5 Å². The van der Waals surface area contributed by atoms with Gasteiger partial charge in [-0.1, -0.05) is 0 Å². The lowest BCUT2D eigenvalue weighted by molar-refractivity contribution is 0.0525. The summed E-state index contributed by atoms with van der Waals surface area (Å²) >= 11 is 0. The fourth-order valence-electron chi connectivity index (χ4n) is 2.21. The maximum absolute atomic E-state index is 11.6. The van der Waals surface area contributed by atoms with Crippen LogP contribution in [-0.4, -0.2) is 56.9 Å². The van der Waals surface area contributed by atoms with Crippen molar-refractivity contribution in [1.29, 1.82) is 0 Å². The third-order valence-electron chi connectivity index (χ3n) is 3.52. The molecule has 3 aromatic rings. The number of fused-ring (bicyclic) bond motifs is 1. The molecule has 0 saturated heterocycles. The van der Waals surface area contributed by atoms with Crippen molar-refractivity contribution >= 4 is 23.0 Å². The number of benzene rings is 1. The lowest BCUT2D eigenvalue weighted by atomic mass is 10.2. The van der Waals surface area contributed by atoms with E-state index in [0.717, 1.165) is 0 Å². The molecule has 3 rings (SSSR count). The zero-order valence-electron chi connectivity index (χ0n) is 14.6. The van der Waals surface area contributed by atoms with Crippen LogP contribution in [0.4, 0.5) is 5.82 Å². The molecule has 0 saturated carbocycles. The largest absolute Gasteiger partial charge is 0.491 e. The number of nitrogens with zero attached hydrogens (tertiary/aromatic N) is 3. The Kier molecular flexibility index (Phi) is 5.67. The molecule has 0 aliphatic carbocycles. The van der Waals surface area contributed by atoms with E-state index < -0.39 is 12.1 Å². The average molecular weight is 373 g/mol. The van der Waals surface area contributed by atoms with Crippen LogP contribution in [-0.2, 0) is 4.74 Å². The molecule has 0 radical (unpaired) electrons. The maximum atomic E-state index is 11.6. The molecule has 0 aliphatic rings. The minimum Gasteiger partial charge on any atom is -0.491 e. The third-order valence-corrected chi connectivity index (χ3v) is 3.52. The number of aromatic amines is 1. The summed E-state index contributed by atoms with van der Waals surface area (Å²) in [6.07, 6.45) is 0.407. The zero-order chi connectivity index (χ0) is 19.2. The number of nitrogen functional groups attached to an aromatic ring is 1. The highest BCUT2D eigenvalue weighted by Gasteiger charge is 2.12. The Hall–Kier alpha value is -3.40. The van der Waals surface area contributed by atoms with E-state index in [9.17, 15) is 9.90 Å². The molecule has 2 aromatic heterocycles. The maximum Gasteiger partial charge on any atom is 0.338 e. The summed E-state index contributed by atoms with van der Waals surface area (Å²) in [7, 11) is 0. The molecule has 1 unspecified atom stereocenters. The van der Waals surface area contributed by atoms with Crippen LogP contribution in [0.1, 0.15) is 17.3 Å². The van der Waals surface area contributed by atoms with Gasteiger partial charge in [0.2, 0.25) is 0 Å². The zero-order valence-corrected chi connectivity index (χ0v) is 14.6. The first-order valence-electron chi connectivity index (χ1n) is 8.24. The van der Waals surface area contributed by atoms with Crippen LogP contribution in [0.3, 0.4) is 0 Å². The van der Waals surface area contributed by atoms with Gasteiger partial charge in [0.05, 0.1) is 12.2 Å². The van der Waals surface area contributed by atoms with Gasteiger partial charge < -0.3 is 30.0 Å². The number of rotatable bonds is 8. The van der Waals surface area contributed by atoms with E-state index in [2.05, 4.69) is 19.9 Å². The summed E-state index contributed by atoms with van der Waals surface area (Å²) in [5.41, 5.74) is 6.99. The number of ether oxygens (including phenoxy) is 3. The van der Waals surface area contributed by atoms with Crippen molar-refractivity contribution in [3.63, 3.8) is 0 Å². The summed E-state index contributed by atoms with van der Waals surface area (Å²) in [6.45, 7) is 2.01. The molecular weight excluding hydrogens is 354 g/mol. The van der Waals surface area contributed by atoms with Crippen LogP contribution < -0.4 is 15.2 Å². The van der Waals surface area contributed by atoms with E-state index >= 15 is 0 Å². The van der Waals surface area contributed by atoms with Crippen LogP contribution in [0, 0.1) is 0 Å². The summed E-state index contributed by atoms with van der Waals surface area (Å²) in [5, 5.41) is 10.00. The van der Waals surface area contributed by atoms with Crippen molar-refractivity contribution in [2.75, 3.05) is 25.6 Å². The molecule has 4 N–H and O–H groups in total. The molecule has 142 valence electrons. The van der Waals surface area contributed by atoms with E-state index in [-0.39, 0.29) is 25.0 Å². The number of esters is 1. The standard InChI is InChI=1S/C17H19N5O5/c1-2-25-16(24)10-3-5-12(6-4-10)26-7-11(23)8-27-17-21-13-14(18)19-9-20-15(13)22-17/h3-6,9,11,23H,2,7-8H2,1H3,(H3,18,19,20,21,22). The van der Waals surface area contributed by atoms with Gasteiger partial charge in [-0.05, 0) is 31.2 Å². The minimum atomic E-state index is -0.897. The number of hydrogen-bond donors (Lipinski definition) is 3. The number of hydrogen-bond acceptors (Lipinski definition) is 9. The van der Waals surface area contributed by atoms with E-state index in [1.165, 1.54) is 6.33 Å². The number of carbonyl (C=O) groups is 1. The van der Waals surface area contributed by atoms with Crippen molar-refractivity contribution in [3.05, 3.63) is 36.2 Å². The third kappa shape index (κ3) is 4.61. The highest BCUT2D eigenvalue weighted by molar-refractivity contribution is 5.89. The molecule has 2 heterocycles. The molecule has 10 nitrogen and oxygen atoms in total. The van der Waals surface area contributed by atoms with E-state index in [4.69, 9.17) is 19.9 Å². The molecular formula is C17H19N5O5. The van der Waals surface area contributed by atoms with Gasteiger partial charge in [0.25, 0.3) is 6.01 Å². The average Bonchev–Trinajstić information content (AvgIpc) is 3.10. The molecule has 10 heteroatoms. The highest BCUT2D eigenvalue weighted by Crippen LogP contribution is 2.17. The summed E-state index contributed by atoms with van der Waals surface area (Å²) in [4.78, 5) is 26.3. The van der Waals surface area contributed by atoms with Crippen LogP contribution >= 0.6 is 0 Å².